The van der Waals surface area contributed by atoms with Crippen molar-refractivity contribution in [1.82, 2.24) is 14.8 Å². The zero-order chi connectivity index (χ0) is 29.5. The fraction of sp³-hybridized carbons (Fsp3) is 0.0256. The molecule has 0 aliphatic heterocycles. The van der Waals surface area contributed by atoms with Crippen molar-refractivity contribution < 1.29 is 4.42 Å². The van der Waals surface area contributed by atoms with Gasteiger partial charge in [-0.1, -0.05) is 72.8 Å². The Labute approximate surface area is 255 Å². The highest BCUT2D eigenvalue weighted by Gasteiger charge is 2.17. The molecule has 8 rings (SSSR count). The topological polar surface area (TPSA) is 47.1 Å². The summed E-state index contributed by atoms with van der Waals surface area (Å²) in [7, 11) is 0. The highest BCUT2D eigenvalue weighted by atomic mass is 16.4. The fourth-order valence-corrected chi connectivity index (χ4v) is 5.98. The van der Waals surface area contributed by atoms with Crippen LogP contribution in [0.25, 0.3) is 50.4 Å². The van der Waals surface area contributed by atoms with Crippen LogP contribution in [0, 0.1) is 6.92 Å². The van der Waals surface area contributed by atoms with Gasteiger partial charge < -0.3 is 13.9 Å². The van der Waals surface area contributed by atoms with Gasteiger partial charge >= 0.3 is 0 Å². The van der Waals surface area contributed by atoms with Gasteiger partial charge in [0, 0.05) is 44.6 Å². The molecule has 5 heteroatoms. The van der Waals surface area contributed by atoms with E-state index in [4.69, 9.17) is 4.42 Å². The van der Waals surface area contributed by atoms with Crippen molar-refractivity contribution in [2.45, 2.75) is 6.92 Å². The zero-order valence-electron chi connectivity index (χ0n) is 24.1. The molecule has 0 N–H and O–H groups in total. The Kier molecular flexibility index (Phi) is 6.27. The molecule has 0 aliphatic carbocycles. The Balaban J connectivity index is 1.18. The van der Waals surface area contributed by atoms with Gasteiger partial charge in [0.25, 0.3) is 0 Å². The highest BCUT2D eigenvalue weighted by Crippen LogP contribution is 2.39. The molecule has 0 atom stereocenters. The zero-order valence-corrected chi connectivity index (χ0v) is 24.1. The molecule has 44 heavy (non-hydrogen) atoms. The highest BCUT2D eigenvalue weighted by molar-refractivity contribution is 6.09. The van der Waals surface area contributed by atoms with E-state index in [1.807, 2.05) is 42.5 Å². The third-order valence-corrected chi connectivity index (χ3v) is 8.12. The van der Waals surface area contributed by atoms with Crippen molar-refractivity contribution in [3.05, 3.63) is 157 Å². The summed E-state index contributed by atoms with van der Waals surface area (Å²) in [6, 6.07) is 52.6. The van der Waals surface area contributed by atoms with E-state index in [1.54, 1.807) is 0 Å². The van der Waals surface area contributed by atoms with Crippen molar-refractivity contribution in [3.8, 4) is 28.6 Å². The maximum atomic E-state index is 6.02. The average molecular weight is 569 g/mol. The summed E-state index contributed by atoms with van der Waals surface area (Å²) in [4.78, 5) is 2.29. The van der Waals surface area contributed by atoms with E-state index in [9.17, 15) is 0 Å². The molecule has 0 unspecified atom stereocenters. The van der Waals surface area contributed by atoms with Crippen molar-refractivity contribution >= 4 is 38.9 Å². The Bertz CT molecular complexity index is 2180. The van der Waals surface area contributed by atoms with Crippen molar-refractivity contribution in [3.63, 3.8) is 0 Å². The van der Waals surface area contributed by atoms with E-state index < -0.39 is 0 Å². The summed E-state index contributed by atoms with van der Waals surface area (Å²) in [6.07, 6.45) is 0. The number of fused-ring (bicyclic) bond motifs is 3. The van der Waals surface area contributed by atoms with Crippen LogP contribution in [0.5, 0.6) is 0 Å². The number of rotatable bonds is 6. The third-order valence-electron chi connectivity index (χ3n) is 8.12. The summed E-state index contributed by atoms with van der Waals surface area (Å²) < 4.78 is 8.36. The van der Waals surface area contributed by atoms with Gasteiger partial charge in [-0.05, 0) is 91.3 Å². The number of benzene rings is 6. The van der Waals surface area contributed by atoms with Gasteiger partial charge in [0.2, 0.25) is 11.8 Å². The molecule has 0 fully saturated rings. The maximum absolute atomic E-state index is 6.02. The van der Waals surface area contributed by atoms with E-state index >= 15 is 0 Å². The fourth-order valence-electron chi connectivity index (χ4n) is 5.98. The number of hydrogen-bond donors (Lipinski definition) is 0. The minimum atomic E-state index is 0.494. The predicted octanol–water partition coefficient (Wildman–Crippen LogP) is 10.3. The van der Waals surface area contributed by atoms with Gasteiger partial charge in [0.15, 0.2) is 0 Å². The van der Waals surface area contributed by atoms with Crippen LogP contribution < -0.4 is 4.90 Å². The van der Waals surface area contributed by atoms with E-state index in [0.717, 1.165) is 33.9 Å². The molecule has 8 aromatic rings. The molecular formula is C39H28N4O. The lowest BCUT2D eigenvalue weighted by molar-refractivity contribution is 0.584. The Morgan fingerprint density at radius 2 is 1.00 bits per heavy atom. The summed E-state index contributed by atoms with van der Waals surface area (Å²) >= 11 is 0. The second kappa shape index (κ2) is 10.7. The first-order chi connectivity index (χ1) is 21.7. The Hall–Kier alpha value is -5.94. The standard InChI is InChI=1S/C39H28N4O/c1-27-11-5-8-16-35(27)42(30-21-19-29(20-22-30)39-41-40-38(44-39)28-12-3-2-4-13-28)31-23-25-32(26-24-31)43-36-17-9-6-14-33(36)34-15-7-10-18-37(34)43/h2-26H,1H3. The largest absolute Gasteiger partial charge is 0.416 e. The third kappa shape index (κ3) is 4.43. The molecule has 6 aromatic carbocycles. The quantitative estimate of drug-likeness (QED) is 0.200. The van der Waals surface area contributed by atoms with Crippen LogP contribution in [0.3, 0.4) is 0 Å². The number of anilines is 3. The average Bonchev–Trinajstić information content (AvgIpc) is 3.71. The molecule has 0 bridgehead atoms. The van der Waals surface area contributed by atoms with E-state index in [1.165, 1.54) is 27.4 Å². The van der Waals surface area contributed by atoms with Crippen LogP contribution in [-0.4, -0.2) is 14.8 Å². The predicted molar refractivity (Wildman–Crippen MR) is 179 cm³/mol. The smallest absolute Gasteiger partial charge is 0.248 e. The lowest BCUT2D eigenvalue weighted by Crippen LogP contribution is -2.11. The van der Waals surface area contributed by atoms with E-state index in [0.29, 0.717) is 11.8 Å². The molecule has 0 radical (unpaired) electrons. The number of aryl methyl sites for hydroxylation is 1. The van der Waals surface area contributed by atoms with Crippen LogP contribution in [0.4, 0.5) is 17.1 Å². The first-order valence-electron chi connectivity index (χ1n) is 14.7. The van der Waals surface area contributed by atoms with Gasteiger partial charge in [-0.25, -0.2) is 0 Å². The van der Waals surface area contributed by atoms with Gasteiger partial charge in [-0.15, -0.1) is 10.2 Å². The minimum absolute atomic E-state index is 0.494. The summed E-state index contributed by atoms with van der Waals surface area (Å²) in [5.74, 6) is 1.00. The first-order valence-corrected chi connectivity index (χ1v) is 14.7. The number of hydrogen-bond acceptors (Lipinski definition) is 4. The van der Waals surface area contributed by atoms with Gasteiger partial charge in [-0.2, -0.15) is 0 Å². The van der Waals surface area contributed by atoms with E-state index in [-0.39, 0.29) is 0 Å². The maximum Gasteiger partial charge on any atom is 0.248 e. The van der Waals surface area contributed by atoms with Crippen molar-refractivity contribution in [1.29, 1.82) is 0 Å². The Morgan fingerprint density at radius 1 is 0.500 bits per heavy atom. The molecule has 0 spiro atoms. The lowest BCUT2D eigenvalue weighted by Gasteiger charge is -2.27. The van der Waals surface area contributed by atoms with Crippen LogP contribution in [0.2, 0.25) is 0 Å². The van der Waals surface area contributed by atoms with Gasteiger partial charge in [0.1, 0.15) is 0 Å². The van der Waals surface area contributed by atoms with Crippen LogP contribution in [-0.2, 0) is 0 Å². The normalized spacial score (nSPS) is 11.3. The molecule has 0 saturated heterocycles. The minimum Gasteiger partial charge on any atom is -0.416 e. The van der Waals surface area contributed by atoms with Crippen molar-refractivity contribution in [2.75, 3.05) is 4.90 Å². The molecular weight excluding hydrogens is 540 g/mol. The molecule has 2 heterocycles. The first kappa shape index (κ1) is 25.7. The molecule has 210 valence electrons. The molecule has 5 nitrogen and oxygen atoms in total. The number of para-hydroxylation sites is 3. The monoisotopic (exact) mass is 568 g/mol. The summed E-state index contributed by atoms with van der Waals surface area (Å²) in [5, 5.41) is 11.1. The molecule has 0 aliphatic rings. The van der Waals surface area contributed by atoms with Crippen LogP contribution in [0.15, 0.2) is 156 Å². The SMILES string of the molecule is Cc1ccccc1N(c1ccc(-c2nnc(-c3ccccc3)o2)cc1)c1ccc(-n2c3ccccc3c3ccccc32)cc1. The van der Waals surface area contributed by atoms with Gasteiger partial charge in [0.05, 0.1) is 11.0 Å². The second-order valence-corrected chi connectivity index (χ2v) is 10.8. The number of aromatic nitrogens is 3. The van der Waals surface area contributed by atoms with E-state index in [2.05, 4.69) is 136 Å². The molecule has 0 amide bonds. The summed E-state index contributed by atoms with van der Waals surface area (Å²) in [6.45, 7) is 2.15. The summed E-state index contributed by atoms with van der Waals surface area (Å²) in [5.41, 5.74) is 9.70. The van der Waals surface area contributed by atoms with Crippen molar-refractivity contribution in [2.24, 2.45) is 0 Å². The van der Waals surface area contributed by atoms with Crippen LogP contribution >= 0.6 is 0 Å². The van der Waals surface area contributed by atoms with Gasteiger partial charge in [-0.3, -0.25) is 0 Å². The molecule has 0 saturated carbocycles. The number of nitrogens with zero attached hydrogens (tertiary/aromatic N) is 4. The Morgan fingerprint density at radius 3 is 1.61 bits per heavy atom. The lowest BCUT2D eigenvalue weighted by atomic mass is 10.1. The molecule has 2 aromatic heterocycles. The second-order valence-electron chi connectivity index (χ2n) is 10.8. The van der Waals surface area contributed by atoms with Crippen LogP contribution in [0.1, 0.15) is 5.56 Å².